The standard InChI is InChI=1S/C27H25NO6S3/c1-27(2)23(35)19(26-36-21(24(30)33-4)22(37-26)25(31)34-5)16-12-9-13-17(32-3)20(16)28(27)18(29)14-15-10-7-6-8-11-15/h6-13H,14H2,1-5H3. The van der Waals surface area contributed by atoms with Gasteiger partial charge in [0.1, 0.15) is 15.6 Å². The zero-order valence-electron chi connectivity index (χ0n) is 20.9. The van der Waals surface area contributed by atoms with Crippen LogP contribution < -0.4 is 9.64 Å². The van der Waals surface area contributed by atoms with Gasteiger partial charge in [0.2, 0.25) is 5.91 Å². The van der Waals surface area contributed by atoms with Crippen LogP contribution in [0.1, 0.15) is 25.0 Å². The Hall–Kier alpha value is -3.08. The molecular weight excluding hydrogens is 530 g/mol. The van der Waals surface area contributed by atoms with Gasteiger partial charge in [0.05, 0.1) is 48.1 Å². The molecule has 4 rings (SSSR count). The third-order valence-corrected chi connectivity index (χ3v) is 9.30. The van der Waals surface area contributed by atoms with Crippen molar-refractivity contribution in [3.05, 3.63) is 73.7 Å². The smallest absolute Gasteiger partial charge is 0.346 e. The highest BCUT2D eigenvalue weighted by Gasteiger charge is 2.47. The zero-order valence-corrected chi connectivity index (χ0v) is 23.4. The van der Waals surface area contributed by atoms with Crippen LogP contribution in [0.3, 0.4) is 0 Å². The number of thioether (sulfide) groups is 2. The van der Waals surface area contributed by atoms with Crippen molar-refractivity contribution in [2.75, 3.05) is 26.2 Å². The van der Waals surface area contributed by atoms with Crippen LogP contribution in [-0.2, 0) is 30.3 Å². The SMILES string of the molecule is COC(=O)C1=C(C(=O)OC)SC(=C2C(=S)C(C)(C)N(C(=O)Cc3ccccc3)c3c(OC)cccc32)S1. The number of para-hydroxylation sites is 1. The van der Waals surface area contributed by atoms with E-state index >= 15 is 0 Å². The van der Waals surface area contributed by atoms with Crippen molar-refractivity contribution in [2.24, 2.45) is 0 Å². The highest BCUT2D eigenvalue weighted by atomic mass is 32.2. The van der Waals surface area contributed by atoms with Crippen molar-refractivity contribution in [1.82, 2.24) is 0 Å². The fourth-order valence-electron chi connectivity index (χ4n) is 4.27. The number of benzene rings is 2. The van der Waals surface area contributed by atoms with Gasteiger partial charge in [-0.1, -0.05) is 78.2 Å². The molecule has 2 aromatic rings. The first-order valence-electron chi connectivity index (χ1n) is 11.3. The number of ether oxygens (including phenoxy) is 3. The minimum Gasteiger partial charge on any atom is -0.495 e. The number of hydrogen-bond acceptors (Lipinski definition) is 9. The lowest BCUT2D eigenvalue weighted by Crippen LogP contribution is -2.56. The molecule has 2 aliphatic rings. The summed E-state index contributed by atoms with van der Waals surface area (Å²) >= 11 is 8.23. The van der Waals surface area contributed by atoms with Crippen molar-refractivity contribution < 1.29 is 28.6 Å². The molecule has 0 unspecified atom stereocenters. The van der Waals surface area contributed by atoms with Gasteiger partial charge >= 0.3 is 11.9 Å². The zero-order chi connectivity index (χ0) is 26.9. The fraction of sp³-hybridized carbons (Fsp3) is 0.259. The van der Waals surface area contributed by atoms with Crippen LogP contribution >= 0.6 is 35.7 Å². The molecule has 192 valence electrons. The van der Waals surface area contributed by atoms with Gasteiger partial charge in [-0.2, -0.15) is 0 Å². The number of thiocarbonyl (C=S) groups is 1. The highest BCUT2D eigenvalue weighted by molar-refractivity contribution is 8.29. The predicted octanol–water partition coefficient (Wildman–Crippen LogP) is 5.14. The number of carbonyl (C=O) groups is 3. The normalized spacial score (nSPS) is 16.5. The molecule has 0 saturated carbocycles. The summed E-state index contributed by atoms with van der Waals surface area (Å²) in [6.45, 7) is 3.77. The van der Waals surface area contributed by atoms with Gasteiger partial charge in [0.15, 0.2) is 0 Å². The second-order valence-corrected chi connectivity index (χ2v) is 11.4. The van der Waals surface area contributed by atoms with E-state index in [1.807, 2.05) is 56.3 Å². The lowest BCUT2D eigenvalue weighted by molar-refractivity contribution is -0.138. The van der Waals surface area contributed by atoms with E-state index in [1.165, 1.54) is 14.2 Å². The average molecular weight is 556 g/mol. The Kier molecular flexibility index (Phi) is 7.82. The second kappa shape index (κ2) is 10.7. The fourth-order valence-corrected chi connectivity index (χ4v) is 7.31. The van der Waals surface area contributed by atoms with Gasteiger partial charge in [-0.25, -0.2) is 9.59 Å². The van der Waals surface area contributed by atoms with Crippen LogP contribution in [0.5, 0.6) is 5.75 Å². The summed E-state index contributed by atoms with van der Waals surface area (Å²) in [5.74, 6) is -0.904. The third-order valence-electron chi connectivity index (χ3n) is 6.04. The summed E-state index contributed by atoms with van der Waals surface area (Å²) < 4.78 is 16.1. The second-order valence-electron chi connectivity index (χ2n) is 8.64. The van der Waals surface area contributed by atoms with E-state index in [-0.39, 0.29) is 22.1 Å². The molecule has 0 saturated heterocycles. The number of hydrogen-bond donors (Lipinski definition) is 0. The van der Waals surface area contributed by atoms with Crippen molar-refractivity contribution in [1.29, 1.82) is 0 Å². The first kappa shape index (κ1) is 27.0. The minimum atomic E-state index is -0.925. The number of anilines is 1. The molecule has 7 nitrogen and oxygen atoms in total. The van der Waals surface area contributed by atoms with Crippen LogP contribution in [0.2, 0.25) is 0 Å². The molecule has 0 aromatic heterocycles. The van der Waals surface area contributed by atoms with Crippen molar-refractivity contribution in [2.45, 2.75) is 25.8 Å². The Morgan fingerprint density at radius 1 is 0.892 bits per heavy atom. The van der Waals surface area contributed by atoms with Crippen molar-refractivity contribution in [3.63, 3.8) is 0 Å². The molecule has 2 heterocycles. The van der Waals surface area contributed by atoms with E-state index in [4.69, 9.17) is 26.4 Å². The van der Waals surface area contributed by atoms with E-state index < -0.39 is 17.5 Å². The molecular formula is C27H25NO6S3. The number of amides is 1. The molecule has 37 heavy (non-hydrogen) atoms. The molecule has 0 N–H and O–H groups in total. The average Bonchev–Trinajstić information content (AvgIpc) is 3.33. The van der Waals surface area contributed by atoms with Gasteiger partial charge in [-0.05, 0) is 25.5 Å². The molecule has 0 atom stereocenters. The molecule has 0 aliphatic carbocycles. The molecule has 1 amide bonds. The van der Waals surface area contributed by atoms with E-state index in [0.29, 0.717) is 31.7 Å². The van der Waals surface area contributed by atoms with Gasteiger partial charge in [0, 0.05) is 11.1 Å². The molecule has 2 aliphatic heterocycles. The highest BCUT2D eigenvalue weighted by Crippen LogP contribution is 2.57. The Morgan fingerprint density at radius 2 is 1.49 bits per heavy atom. The van der Waals surface area contributed by atoms with Crippen LogP contribution in [0.25, 0.3) is 5.57 Å². The summed E-state index contributed by atoms with van der Waals surface area (Å²) in [5.41, 5.74) is 1.88. The lowest BCUT2D eigenvalue weighted by Gasteiger charge is -2.45. The van der Waals surface area contributed by atoms with E-state index in [0.717, 1.165) is 29.1 Å². The summed E-state index contributed by atoms with van der Waals surface area (Å²) in [4.78, 5) is 41.2. The maximum Gasteiger partial charge on any atom is 0.346 e. The molecule has 0 bridgehead atoms. The summed E-state index contributed by atoms with van der Waals surface area (Å²) in [6.07, 6.45) is 0.181. The molecule has 0 radical (unpaired) electrons. The quantitative estimate of drug-likeness (QED) is 0.283. The van der Waals surface area contributed by atoms with Gasteiger partial charge < -0.3 is 14.2 Å². The summed E-state index contributed by atoms with van der Waals surface area (Å²) in [6, 6.07) is 15.0. The number of methoxy groups -OCH3 is 3. The monoisotopic (exact) mass is 555 g/mol. The lowest BCUT2D eigenvalue weighted by atomic mass is 9.82. The minimum absolute atomic E-state index is 0.134. The van der Waals surface area contributed by atoms with Gasteiger partial charge in [-0.3, -0.25) is 9.69 Å². The summed E-state index contributed by atoms with van der Waals surface area (Å²) in [7, 11) is 4.06. The third kappa shape index (κ3) is 4.81. The first-order chi connectivity index (χ1) is 17.6. The summed E-state index contributed by atoms with van der Waals surface area (Å²) in [5, 5.41) is 0. The first-order valence-corrected chi connectivity index (χ1v) is 13.3. The van der Waals surface area contributed by atoms with Crippen molar-refractivity contribution in [3.8, 4) is 5.75 Å². The number of nitrogens with zero attached hydrogens (tertiary/aromatic N) is 1. The number of esters is 2. The number of carbonyl (C=O) groups excluding carboxylic acids is 3. The van der Waals surface area contributed by atoms with Crippen LogP contribution in [0.15, 0.2) is 62.6 Å². The van der Waals surface area contributed by atoms with Crippen molar-refractivity contribution >= 4 is 69.7 Å². The Labute approximate surface area is 229 Å². The van der Waals surface area contributed by atoms with E-state index in [2.05, 4.69) is 0 Å². The molecule has 2 aromatic carbocycles. The topological polar surface area (TPSA) is 82.1 Å². The van der Waals surface area contributed by atoms with Gasteiger partial charge in [0.25, 0.3) is 0 Å². The maximum atomic E-state index is 13.8. The predicted molar refractivity (Wildman–Crippen MR) is 150 cm³/mol. The molecule has 0 fully saturated rings. The Balaban J connectivity index is 1.89. The van der Waals surface area contributed by atoms with E-state index in [9.17, 15) is 14.4 Å². The van der Waals surface area contributed by atoms with Crippen LogP contribution in [-0.4, -0.2) is 49.6 Å². The molecule has 10 heteroatoms. The largest absolute Gasteiger partial charge is 0.495 e. The van der Waals surface area contributed by atoms with Gasteiger partial charge in [-0.15, -0.1) is 0 Å². The molecule has 0 spiro atoms. The van der Waals surface area contributed by atoms with Crippen LogP contribution in [0, 0.1) is 0 Å². The number of fused-ring (bicyclic) bond motifs is 1. The van der Waals surface area contributed by atoms with Crippen LogP contribution in [0.4, 0.5) is 5.69 Å². The van der Waals surface area contributed by atoms with E-state index in [1.54, 1.807) is 18.1 Å². The maximum absolute atomic E-state index is 13.8. The Morgan fingerprint density at radius 3 is 2.03 bits per heavy atom. The Bertz CT molecular complexity index is 1330. The number of rotatable bonds is 5.